The first-order valence-electron chi connectivity index (χ1n) is 7.70. The maximum Gasteiger partial charge on any atom is 0.338 e. The van der Waals surface area contributed by atoms with E-state index in [-0.39, 0.29) is 11.7 Å². The summed E-state index contributed by atoms with van der Waals surface area (Å²) in [4.78, 5) is 11.7. The topological polar surface area (TPSA) is 46.5 Å². The van der Waals surface area contributed by atoms with Gasteiger partial charge in [0, 0.05) is 0 Å². The number of phenolic OH excluding ortho intramolecular Hbond substituents is 1. The van der Waals surface area contributed by atoms with Crippen LogP contribution >= 0.6 is 0 Å². The van der Waals surface area contributed by atoms with Crippen LogP contribution in [0.2, 0.25) is 0 Å². The Balaban J connectivity index is 2.02. The van der Waals surface area contributed by atoms with Gasteiger partial charge in [-0.3, -0.25) is 0 Å². The Labute approximate surface area is 122 Å². The molecule has 3 heteroatoms. The van der Waals surface area contributed by atoms with Crippen molar-refractivity contribution in [1.82, 2.24) is 0 Å². The molecule has 0 saturated carbocycles. The molecule has 1 N–H and O–H groups in total. The van der Waals surface area contributed by atoms with Crippen LogP contribution < -0.4 is 0 Å². The first-order chi connectivity index (χ1) is 9.74. The van der Waals surface area contributed by atoms with Crippen LogP contribution in [-0.4, -0.2) is 17.7 Å². The Bertz CT molecular complexity index is 388. The summed E-state index contributed by atoms with van der Waals surface area (Å²) in [5.41, 5.74) is 0.407. The normalized spacial score (nSPS) is 10.4. The minimum absolute atomic E-state index is 0.0894. The van der Waals surface area contributed by atoms with Gasteiger partial charge in [0.2, 0.25) is 0 Å². The molecule has 0 heterocycles. The second-order valence-electron chi connectivity index (χ2n) is 5.16. The molecule has 0 saturated heterocycles. The number of hydrogen-bond acceptors (Lipinski definition) is 3. The lowest BCUT2D eigenvalue weighted by Gasteiger charge is -2.05. The maximum absolute atomic E-state index is 11.7. The molecule has 3 nitrogen and oxygen atoms in total. The Morgan fingerprint density at radius 1 is 1.05 bits per heavy atom. The standard InChI is InChI=1S/C17H26O3/c1-2-3-4-5-6-7-8-9-13-20-17(19)15-11-10-12-16(18)14-15/h10-12,14,18H,2-9,13H2,1H3. The highest BCUT2D eigenvalue weighted by atomic mass is 16.5. The highest BCUT2D eigenvalue weighted by Gasteiger charge is 2.06. The minimum Gasteiger partial charge on any atom is -0.508 e. The Morgan fingerprint density at radius 2 is 1.70 bits per heavy atom. The molecular formula is C17H26O3. The fourth-order valence-corrected chi connectivity index (χ4v) is 2.12. The van der Waals surface area contributed by atoms with E-state index in [4.69, 9.17) is 4.74 Å². The average molecular weight is 278 g/mol. The summed E-state index contributed by atoms with van der Waals surface area (Å²) in [5, 5.41) is 9.28. The van der Waals surface area contributed by atoms with Gasteiger partial charge in [-0.1, -0.05) is 57.9 Å². The number of carbonyl (C=O) groups is 1. The molecule has 0 aliphatic rings. The number of rotatable bonds is 10. The molecule has 0 unspecified atom stereocenters. The van der Waals surface area contributed by atoms with Crippen LogP contribution in [0.15, 0.2) is 24.3 Å². The molecule has 0 amide bonds. The van der Waals surface area contributed by atoms with Gasteiger partial charge >= 0.3 is 5.97 Å². The van der Waals surface area contributed by atoms with Gasteiger partial charge < -0.3 is 9.84 Å². The highest BCUT2D eigenvalue weighted by Crippen LogP contribution is 2.12. The van der Waals surface area contributed by atoms with Gasteiger partial charge in [0.15, 0.2) is 0 Å². The molecular weight excluding hydrogens is 252 g/mol. The van der Waals surface area contributed by atoms with Crippen molar-refractivity contribution in [2.45, 2.75) is 58.3 Å². The van der Waals surface area contributed by atoms with Crippen LogP contribution in [0.5, 0.6) is 5.75 Å². The summed E-state index contributed by atoms with van der Waals surface area (Å²) >= 11 is 0. The number of aromatic hydroxyl groups is 1. The summed E-state index contributed by atoms with van der Waals surface area (Å²) in [6.45, 7) is 2.68. The van der Waals surface area contributed by atoms with Gasteiger partial charge in [-0.05, 0) is 24.6 Å². The summed E-state index contributed by atoms with van der Waals surface area (Å²) in [7, 11) is 0. The van der Waals surface area contributed by atoms with E-state index in [1.54, 1.807) is 12.1 Å². The third kappa shape index (κ3) is 7.17. The van der Waals surface area contributed by atoms with E-state index in [1.807, 2.05) is 0 Å². The number of hydrogen-bond donors (Lipinski definition) is 1. The van der Waals surface area contributed by atoms with Crippen molar-refractivity contribution in [3.05, 3.63) is 29.8 Å². The van der Waals surface area contributed by atoms with E-state index in [2.05, 4.69) is 6.92 Å². The fourth-order valence-electron chi connectivity index (χ4n) is 2.12. The van der Waals surface area contributed by atoms with Crippen LogP contribution in [0.1, 0.15) is 68.6 Å². The minimum atomic E-state index is -0.358. The number of phenols is 1. The Hall–Kier alpha value is -1.51. The zero-order valence-corrected chi connectivity index (χ0v) is 12.4. The highest BCUT2D eigenvalue weighted by molar-refractivity contribution is 5.89. The van der Waals surface area contributed by atoms with Crippen LogP contribution in [0.3, 0.4) is 0 Å². The van der Waals surface area contributed by atoms with Gasteiger partial charge in [0.25, 0.3) is 0 Å². The second-order valence-corrected chi connectivity index (χ2v) is 5.16. The smallest absolute Gasteiger partial charge is 0.338 e. The molecule has 1 aromatic rings. The van der Waals surface area contributed by atoms with Crippen molar-refractivity contribution in [3.8, 4) is 5.75 Å². The maximum atomic E-state index is 11.7. The van der Waals surface area contributed by atoms with Crippen molar-refractivity contribution in [2.75, 3.05) is 6.61 Å². The molecule has 1 aromatic carbocycles. The summed E-state index contributed by atoms with van der Waals surface area (Å²) < 4.78 is 5.18. The van der Waals surface area contributed by atoms with Crippen LogP contribution in [0, 0.1) is 0 Å². The molecule has 0 aliphatic carbocycles. The van der Waals surface area contributed by atoms with Gasteiger partial charge in [-0.2, -0.15) is 0 Å². The quantitative estimate of drug-likeness (QED) is 0.499. The molecule has 0 atom stereocenters. The zero-order valence-electron chi connectivity index (χ0n) is 12.4. The summed E-state index contributed by atoms with van der Waals surface area (Å²) in [5.74, 6) is -0.268. The van der Waals surface area contributed by atoms with Gasteiger partial charge in [0.05, 0.1) is 12.2 Å². The lowest BCUT2D eigenvalue weighted by Crippen LogP contribution is -2.06. The number of unbranched alkanes of at least 4 members (excludes halogenated alkanes) is 7. The Morgan fingerprint density at radius 3 is 2.35 bits per heavy atom. The third-order valence-electron chi connectivity index (χ3n) is 3.31. The molecule has 0 fully saturated rings. The zero-order chi connectivity index (χ0) is 14.6. The Kier molecular flexibility index (Phi) is 8.52. The number of esters is 1. The van der Waals surface area contributed by atoms with E-state index in [0.717, 1.165) is 12.8 Å². The van der Waals surface area contributed by atoms with Crippen molar-refractivity contribution in [3.63, 3.8) is 0 Å². The van der Waals surface area contributed by atoms with Crippen LogP contribution in [0.25, 0.3) is 0 Å². The number of ether oxygens (including phenoxy) is 1. The largest absolute Gasteiger partial charge is 0.508 e. The van der Waals surface area contributed by atoms with E-state index in [0.29, 0.717) is 12.2 Å². The molecule has 1 rings (SSSR count). The van der Waals surface area contributed by atoms with Gasteiger partial charge in [0.1, 0.15) is 5.75 Å². The van der Waals surface area contributed by atoms with Crippen LogP contribution in [0.4, 0.5) is 0 Å². The van der Waals surface area contributed by atoms with Crippen molar-refractivity contribution >= 4 is 5.97 Å². The number of benzene rings is 1. The molecule has 0 spiro atoms. The predicted molar refractivity (Wildman–Crippen MR) is 81.0 cm³/mol. The first-order valence-corrected chi connectivity index (χ1v) is 7.70. The van der Waals surface area contributed by atoms with Gasteiger partial charge in [-0.25, -0.2) is 4.79 Å². The third-order valence-corrected chi connectivity index (χ3v) is 3.31. The van der Waals surface area contributed by atoms with E-state index >= 15 is 0 Å². The van der Waals surface area contributed by atoms with Crippen molar-refractivity contribution < 1.29 is 14.6 Å². The van der Waals surface area contributed by atoms with Crippen molar-refractivity contribution in [1.29, 1.82) is 0 Å². The molecule has 112 valence electrons. The second kappa shape index (κ2) is 10.3. The fraction of sp³-hybridized carbons (Fsp3) is 0.588. The monoisotopic (exact) mass is 278 g/mol. The summed E-state index contributed by atoms with van der Waals surface area (Å²) in [6.07, 6.45) is 9.79. The molecule has 0 bridgehead atoms. The molecule has 0 radical (unpaired) electrons. The van der Waals surface area contributed by atoms with E-state index < -0.39 is 0 Å². The predicted octanol–water partition coefficient (Wildman–Crippen LogP) is 4.69. The van der Waals surface area contributed by atoms with Crippen molar-refractivity contribution in [2.24, 2.45) is 0 Å². The lowest BCUT2D eigenvalue weighted by atomic mass is 10.1. The molecule has 20 heavy (non-hydrogen) atoms. The molecule has 0 aliphatic heterocycles. The first kappa shape index (κ1) is 16.5. The SMILES string of the molecule is CCCCCCCCCCOC(=O)c1cccc(O)c1. The van der Waals surface area contributed by atoms with E-state index in [9.17, 15) is 9.90 Å². The average Bonchev–Trinajstić information content (AvgIpc) is 2.45. The molecule has 0 aromatic heterocycles. The lowest BCUT2D eigenvalue weighted by molar-refractivity contribution is 0.0497. The van der Waals surface area contributed by atoms with Crippen LogP contribution in [-0.2, 0) is 4.74 Å². The van der Waals surface area contributed by atoms with E-state index in [1.165, 1.54) is 50.7 Å². The van der Waals surface area contributed by atoms with Gasteiger partial charge in [-0.15, -0.1) is 0 Å². The summed E-state index contributed by atoms with van der Waals surface area (Å²) in [6, 6.07) is 6.25. The number of carbonyl (C=O) groups excluding carboxylic acids is 1.